The molecule has 4 rings (SSSR count). The number of primary amides is 1. The van der Waals surface area contributed by atoms with Crippen molar-refractivity contribution in [1.29, 1.82) is 5.41 Å². The Hall–Kier alpha value is -3.88. The second kappa shape index (κ2) is 7.03. The minimum Gasteiger partial charge on any atom is -0.398 e. The first kappa shape index (κ1) is 17.5. The summed E-state index contributed by atoms with van der Waals surface area (Å²) in [7, 11) is 0. The Morgan fingerprint density at radius 1 is 1.32 bits per heavy atom. The molecule has 3 aromatic rings. The average molecular weight is 376 g/mol. The first-order valence-corrected chi connectivity index (χ1v) is 8.79. The summed E-state index contributed by atoms with van der Waals surface area (Å²) in [6, 6.07) is 6.98. The van der Waals surface area contributed by atoms with Crippen LogP contribution in [0.3, 0.4) is 0 Å². The number of amides is 2. The summed E-state index contributed by atoms with van der Waals surface area (Å²) >= 11 is 0. The molecule has 9 heteroatoms. The number of fused-ring (bicyclic) bond motifs is 1. The molecule has 142 valence electrons. The first-order chi connectivity index (χ1) is 13.5. The summed E-state index contributed by atoms with van der Waals surface area (Å²) in [5, 5.41) is 11.6. The third-order valence-electron chi connectivity index (χ3n) is 4.80. The Labute approximate surface area is 161 Å². The molecule has 0 spiro atoms. The first-order valence-electron chi connectivity index (χ1n) is 8.79. The molecular formula is C19H20N8O. The number of anilines is 3. The van der Waals surface area contributed by atoms with Crippen LogP contribution in [-0.2, 0) is 0 Å². The van der Waals surface area contributed by atoms with Gasteiger partial charge >= 0.3 is 6.03 Å². The highest BCUT2D eigenvalue weighted by Gasteiger charge is 2.18. The van der Waals surface area contributed by atoms with E-state index in [1.807, 2.05) is 18.2 Å². The number of H-pyrrole nitrogens is 1. The Morgan fingerprint density at radius 3 is 2.89 bits per heavy atom. The fourth-order valence-corrected chi connectivity index (χ4v) is 3.24. The maximum atomic E-state index is 11.3. The molecule has 7 N–H and O–H groups in total. The van der Waals surface area contributed by atoms with E-state index in [2.05, 4.69) is 20.3 Å². The lowest BCUT2D eigenvalue weighted by atomic mass is 10.1. The van der Waals surface area contributed by atoms with Crippen LogP contribution in [0.1, 0.15) is 17.7 Å². The fraction of sp³-hybridized carbons (Fsp3) is 0.158. The number of benzene rings is 1. The lowest BCUT2D eigenvalue weighted by Gasteiger charge is -2.24. The lowest BCUT2D eigenvalue weighted by Crippen LogP contribution is -2.38. The number of nitrogen functional groups attached to an aromatic ring is 1. The van der Waals surface area contributed by atoms with Crippen molar-refractivity contribution in [2.45, 2.75) is 6.42 Å². The van der Waals surface area contributed by atoms with Gasteiger partial charge in [-0.05, 0) is 36.3 Å². The monoisotopic (exact) mass is 376 g/mol. The van der Waals surface area contributed by atoms with E-state index in [4.69, 9.17) is 16.9 Å². The summed E-state index contributed by atoms with van der Waals surface area (Å²) in [5.41, 5.74) is 15.9. The highest BCUT2D eigenvalue weighted by molar-refractivity contribution is 5.93. The molecule has 3 heterocycles. The van der Waals surface area contributed by atoms with Crippen LogP contribution in [0.5, 0.6) is 0 Å². The number of hydrogen-bond acceptors (Lipinski definition) is 6. The van der Waals surface area contributed by atoms with Crippen LogP contribution in [0.2, 0.25) is 0 Å². The minimum absolute atomic E-state index is 0.405. The van der Waals surface area contributed by atoms with Crippen LogP contribution in [0.4, 0.5) is 22.0 Å². The fourth-order valence-electron chi connectivity index (χ4n) is 3.24. The Kier molecular flexibility index (Phi) is 4.40. The van der Waals surface area contributed by atoms with Crippen LogP contribution in [0.25, 0.3) is 16.6 Å². The normalized spacial score (nSPS) is 14.0. The number of aromatic amines is 1. The van der Waals surface area contributed by atoms with Crippen molar-refractivity contribution in [3.63, 3.8) is 0 Å². The molecule has 2 amide bonds. The van der Waals surface area contributed by atoms with E-state index < -0.39 is 6.03 Å². The average Bonchev–Trinajstić information content (AvgIpc) is 3.15. The number of hydrogen-bond donors (Lipinski definition) is 5. The molecule has 0 radical (unpaired) electrons. The maximum Gasteiger partial charge on any atom is 0.315 e. The van der Waals surface area contributed by atoms with Gasteiger partial charge in [0.25, 0.3) is 0 Å². The Balaban J connectivity index is 1.65. The van der Waals surface area contributed by atoms with Crippen molar-refractivity contribution in [3.8, 4) is 0 Å². The van der Waals surface area contributed by atoms with E-state index >= 15 is 0 Å². The standard InChI is InChI=1S/C19H20N8O/c20-9-12-7-13(1-2-15(12)21)25-17-14-8-16(26-18(14)24-10-23-17)11-3-5-27(6-4-11)19(22)28/h1-3,7-10,20H,4-6,21H2,(H2,22,28)(H2,23,24,25,26). The van der Waals surface area contributed by atoms with E-state index in [-0.39, 0.29) is 0 Å². The number of urea groups is 1. The highest BCUT2D eigenvalue weighted by Crippen LogP contribution is 2.29. The summed E-state index contributed by atoms with van der Waals surface area (Å²) < 4.78 is 0. The number of nitrogens with two attached hydrogens (primary N) is 2. The number of nitrogens with one attached hydrogen (secondary N) is 3. The van der Waals surface area contributed by atoms with Crippen LogP contribution >= 0.6 is 0 Å². The van der Waals surface area contributed by atoms with Gasteiger partial charge in [-0.25, -0.2) is 14.8 Å². The third kappa shape index (κ3) is 3.25. The molecule has 0 fully saturated rings. The third-order valence-corrected chi connectivity index (χ3v) is 4.80. The zero-order chi connectivity index (χ0) is 19.7. The zero-order valence-electron chi connectivity index (χ0n) is 15.1. The lowest BCUT2D eigenvalue weighted by molar-refractivity contribution is 0.213. The Morgan fingerprint density at radius 2 is 2.18 bits per heavy atom. The molecular weight excluding hydrogens is 356 g/mol. The summed E-state index contributed by atoms with van der Waals surface area (Å²) in [5.74, 6) is 0.656. The van der Waals surface area contributed by atoms with Crippen LogP contribution in [0, 0.1) is 5.41 Å². The van der Waals surface area contributed by atoms with Gasteiger partial charge in [0.2, 0.25) is 0 Å². The SMILES string of the molecule is N=Cc1cc(Nc2ncnc3[nH]c(C4=CCN(C(N)=O)CC4)cc23)ccc1N. The molecule has 1 aliphatic heterocycles. The molecule has 0 aliphatic carbocycles. The van der Waals surface area contributed by atoms with Crippen LogP contribution in [-0.4, -0.2) is 45.2 Å². The van der Waals surface area contributed by atoms with Gasteiger partial charge in [-0.3, -0.25) is 0 Å². The number of rotatable bonds is 4. The highest BCUT2D eigenvalue weighted by atomic mass is 16.2. The van der Waals surface area contributed by atoms with E-state index in [1.165, 1.54) is 12.5 Å². The number of carbonyl (C=O) groups is 1. The van der Waals surface area contributed by atoms with Gasteiger partial charge in [0.05, 0.1) is 5.39 Å². The number of aromatic nitrogens is 3. The predicted molar refractivity (Wildman–Crippen MR) is 110 cm³/mol. The van der Waals surface area contributed by atoms with E-state index in [0.29, 0.717) is 42.2 Å². The predicted octanol–water partition coefficient (Wildman–Crippen LogP) is 2.45. The summed E-state index contributed by atoms with van der Waals surface area (Å²) in [4.78, 5) is 24.9. The quantitative estimate of drug-likeness (QED) is 0.350. The Bertz CT molecular complexity index is 1100. The van der Waals surface area contributed by atoms with Gasteiger partial charge in [0.1, 0.15) is 17.8 Å². The molecule has 0 unspecified atom stereocenters. The minimum atomic E-state index is -0.405. The summed E-state index contributed by atoms with van der Waals surface area (Å²) in [6.07, 6.45) is 5.42. The molecule has 1 aliphatic rings. The van der Waals surface area contributed by atoms with Crippen LogP contribution < -0.4 is 16.8 Å². The van der Waals surface area contributed by atoms with Crippen molar-refractivity contribution < 1.29 is 4.79 Å². The van der Waals surface area contributed by atoms with Crippen molar-refractivity contribution >= 4 is 46.0 Å². The maximum absolute atomic E-state index is 11.3. The van der Waals surface area contributed by atoms with Crippen molar-refractivity contribution in [3.05, 3.63) is 47.9 Å². The molecule has 0 saturated heterocycles. The van der Waals surface area contributed by atoms with E-state index in [0.717, 1.165) is 22.3 Å². The largest absolute Gasteiger partial charge is 0.398 e. The number of carbonyl (C=O) groups excluding carboxylic acids is 1. The van der Waals surface area contributed by atoms with Gasteiger partial charge in [-0.2, -0.15) is 0 Å². The second-order valence-corrected chi connectivity index (χ2v) is 6.54. The van der Waals surface area contributed by atoms with Gasteiger partial charge in [-0.1, -0.05) is 6.08 Å². The van der Waals surface area contributed by atoms with Crippen molar-refractivity contribution in [2.24, 2.45) is 5.73 Å². The van der Waals surface area contributed by atoms with Gasteiger partial charge in [-0.15, -0.1) is 0 Å². The molecule has 28 heavy (non-hydrogen) atoms. The zero-order valence-corrected chi connectivity index (χ0v) is 15.1. The molecule has 2 aromatic heterocycles. The summed E-state index contributed by atoms with van der Waals surface area (Å²) in [6.45, 7) is 1.08. The van der Waals surface area contributed by atoms with Crippen LogP contribution in [0.15, 0.2) is 36.7 Å². The second-order valence-electron chi connectivity index (χ2n) is 6.54. The van der Waals surface area contributed by atoms with Gasteiger partial charge in [0.15, 0.2) is 0 Å². The van der Waals surface area contributed by atoms with Crippen molar-refractivity contribution in [2.75, 3.05) is 24.1 Å². The number of nitrogens with zero attached hydrogens (tertiary/aromatic N) is 3. The smallest absolute Gasteiger partial charge is 0.315 e. The molecule has 0 saturated carbocycles. The molecule has 0 atom stereocenters. The van der Waals surface area contributed by atoms with E-state index in [9.17, 15) is 4.79 Å². The van der Waals surface area contributed by atoms with Gasteiger partial charge in [0, 0.05) is 41.9 Å². The molecule has 0 bridgehead atoms. The van der Waals surface area contributed by atoms with E-state index in [1.54, 1.807) is 17.0 Å². The topological polar surface area (TPSA) is 150 Å². The van der Waals surface area contributed by atoms with Gasteiger partial charge < -0.3 is 32.1 Å². The molecule has 9 nitrogen and oxygen atoms in total. The molecule has 1 aromatic carbocycles. The van der Waals surface area contributed by atoms with Crippen molar-refractivity contribution in [1.82, 2.24) is 19.9 Å².